The van der Waals surface area contributed by atoms with E-state index in [0.29, 0.717) is 6.54 Å². The Kier molecular flexibility index (Phi) is 3.79. The van der Waals surface area contributed by atoms with Crippen LogP contribution in [-0.2, 0) is 19.5 Å². The summed E-state index contributed by atoms with van der Waals surface area (Å²) in [5.74, 6) is 1.96. The van der Waals surface area contributed by atoms with Gasteiger partial charge >= 0.3 is 0 Å². The maximum atomic E-state index is 5.84. The van der Waals surface area contributed by atoms with Crippen molar-refractivity contribution in [3.8, 4) is 0 Å². The van der Waals surface area contributed by atoms with Gasteiger partial charge in [-0.1, -0.05) is 18.2 Å². The van der Waals surface area contributed by atoms with Crippen LogP contribution in [0.2, 0.25) is 0 Å². The summed E-state index contributed by atoms with van der Waals surface area (Å²) in [6, 6.07) is 10.8. The summed E-state index contributed by atoms with van der Waals surface area (Å²) in [5, 5.41) is 0. The largest absolute Gasteiger partial charge is 0.464 e. The van der Waals surface area contributed by atoms with Crippen molar-refractivity contribution in [2.75, 3.05) is 11.4 Å². The molecule has 106 valence electrons. The molecule has 0 aliphatic carbocycles. The topological polar surface area (TPSA) is 42.4 Å². The molecular weight excluding hydrogens is 248 g/mol. The molecule has 3 rings (SSSR count). The summed E-state index contributed by atoms with van der Waals surface area (Å²) in [6.45, 7) is 4.46. The summed E-state index contributed by atoms with van der Waals surface area (Å²) >= 11 is 0. The Bertz CT molecular complexity index is 588. The van der Waals surface area contributed by atoms with Gasteiger partial charge in [-0.05, 0) is 43.9 Å². The molecule has 1 aromatic heterocycles. The lowest BCUT2D eigenvalue weighted by Gasteiger charge is -2.23. The number of benzene rings is 1. The molecule has 0 saturated heterocycles. The van der Waals surface area contributed by atoms with Crippen LogP contribution in [0.15, 0.2) is 34.7 Å². The van der Waals surface area contributed by atoms with Crippen LogP contribution in [0.4, 0.5) is 5.69 Å². The van der Waals surface area contributed by atoms with Gasteiger partial charge in [0.05, 0.1) is 6.54 Å². The first-order chi connectivity index (χ1) is 9.78. The molecule has 0 atom stereocenters. The molecule has 0 amide bonds. The Morgan fingerprint density at radius 2 is 2.10 bits per heavy atom. The average Bonchev–Trinajstić information content (AvgIpc) is 2.69. The van der Waals surface area contributed by atoms with E-state index < -0.39 is 0 Å². The van der Waals surface area contributed by atoms with Crippen LogP contribution >= 0.6 is 0 Å². The molecule has 0 bridgehead atoms. The fourth-order valence-electron chi connectivity index (χ4n) is 2.99. The second-order valence-corrected chi connectivity index (χ2v) is 5.51. The maximum Gasteiger partial charge on any atom is 0.123 e. The van der Waals surface area contributed by atoms with Crippen LogP contribution in [0, 0.1) is 6.92 Å². The molecule has 0 unspecified atom stereocenters. The average molecular weight is 270 g/mol. The first-order valence-corrected chi connectivity index (χ1v) is 7.39. The van der Waals surface area contributed by atoms with E-state index in [2.05, 4.69) is 35.2 Å². The lowest BCUT2D eigenvalue weighted by Crippen LogP contribution is -2.23. The highest BCUT2D eigenvalue weighted by molar-refractivity contribution is 5.54. The first kappa shape index (κ1) is 13.3. The van der Waals surface area contributed by atoms with Crippen molar-refractivity contribution in [1.82, 2.24) is 0 Å². The van der Waals surface area contributed by atoms with Crippen LogP contribution in [0.3, 0.4) is 0 Å². The van der Waals surface area contributed by atoms with Crippen molar-refractivity contribution in [2.24, 2.45) is 5.73 Å². The molecule has 2 N–H and O–H groups in total. The van der Waals surface area contributed by atoms with Gasteiger partial charge in [0, 0.05) is 24.3 Å². The van der Waals surface area contributed by atoms with E-state index in [0.717, 1.165) is 30.2 Å². The third-order valence-corrected chi connectivity index (χ3v) is 4.09. The van der Waals surface area contributed by atoms with E-state index >= 15 is 0 Å². The Morgan fingerprint density at radius 1 is 1.25 bits per heavy atom. The van der Waals surface area contributed by atoms with Gasteiger partial charge in [-0.2, -0.15) is 0 Å². The van der Waals surface area contributed by atoms with Crippen molar-refractivity contribution < 1.29 is 4.42 Å². The van der Waals surface area contributed by atoms with E-state index in [-0.39, 0.29) is 0 Å². The maximum absolute atomic E-state index is 5.84. The lowest BCUT2D eigenvalue weighted by atomic mass is 10.1. The van der Waals surface area contributed by atoms with Gasteiger partial charge in [-0.3, -0.25) is 0 Å². The molecule has 1 aliphatic heterocycles. The molecule has 0 spiro atoms. The third-order valence-electron chi connectivity index (χ3n) is 4.09. The summed E-state index contributed by atoms with van der Waals surface area (Å²) in [5.41, 5.74) is 9.65. The van der Waals surface area contributed by atoms with Gasteiger partial charge in [0.25, 0.3) is 0 Å². The Hall–Kier alpha value is -1.74. The van der Waals surface area contributed by atoms with Crippen molar-refractivity contribution >= 4 is 5.69 Å². The number of hydrogen-bond donors (Lipinski definition) is 1. The molecule has 3 nitrogen and oxygen atoms in total. The summed E-state index contributed by atoms with van der Waals surface area (Å²) in [7, 11) is 0. The Labute approximate surface area is 120 Å². The fourth-order valence-corrected chi connectivity index (χ4v) is 2.99. The molecule has 20 heavy (non-hydrogen) atoms. The standard InChI is InChI=1S/C17H22N2O/c1-13-15(11-18)10-16(20-13)12-19-9-5-4-7-14-6-2-3-8-17(14)19/h2-3,6,8,10H,4-5,7,9,11-12,18H2,1H3. The minimum absolute atomic E-state index is 0.548. The van der Waals surface area contributed by atoms with Gasteiger partial charge in [-0.25, -0.2) is 0 Å². The highest BCUT2D eigenvalue weighted by Gasteiger charge is 2.17. The number of hydrogen-bond acceptors (Lipinski definition) is 3. The molecule has 1 aliphatic rings. The molecule has 1 aromatic carbocycles. The zero-order valence-electron chi connectivity index (χ0n) is 12.1. The molecule has 0 fully saturated rings. The summed E-state index contributed by atoms with van der Waals surface area (Å²) in [4.78, 5) is 2.43. The number of nitrogens with zero attached hydrogens (tertiary/aromatic N) is 1. The van der Waals surface area contributed by atoms with Gasteiger partial charge in [0.15, 0.2) is 0 Å². The monoisotopic (exact) mass is 270 g/mol. The number of aryl methyl sites for hydroxylation is 2. The van der Waals surface area contributed by atoms with Crippen LogP contribution in [0.25, 0.3) is 0 Å². The van der Waals surface area contributed by atoms with E-state index in [1.54, 1.807) is 0 Å². The highest BCUT2D eigenvalue weighted by atomic mass is 16.3. The van der Waals surface area contributed by atoms with E-state index in [9.17, 15) is 0 Å². The van der Waals surface area contributed by atoms with Crippen molar-refractivity contribution in [2.45, 2.75) is 39.3 Å². The zero-order valence-corrected chi connectivity index (χ0v) is 12.1. The molecule has 0 radical (unpaired) electrons. The van der Waals surface area contributed by atoms with Gasteiger partial charge < -0.3 is 15.1 Å². The quantitative estimate of drug-likeness (QED) is 0.929. The Balaban J connectivity index is 1.86. The Morgan fingerprint density at radius 3 is 2.90 bits per heavy atom. The van der Waals surface area contributed by atoms with Gasteiger partial charge in [0.2, 0.25) is 0 Å². The summed E-state index contributed by atoms with van der Waals surface area (Å²) < 4.78 is 5.84. The number of para-hydroxylation sites is 1. The van der Waals surface area contributed by atoms with E-state index in [4.69, 9.17) is 10.2 Å². The minimum Gasteiger partial charge on any atom is -0.464 e. The van der Waals surface area contributed by atoms with E-state index in [1.807, 2.05) is 6.92 Å². The summed E-state index contributed by atoms with van der Waals surface area (Å²) in [6.07, 6.45) is 3.68. The van der Waals surface area contributed by atoms with Crippen molar-refractivity contribution in [3.05, 3.63) is 53.0 Å². The minimum atomic E-state index is 0.548. The predicted molar refractivity (Wildman–Crippen MR) is 81.8 cm³/mol. The van der Waals surface area contributed by atoms with Crippen molar-refractivity contribution in [3.63, 3.8) is 0 Å². The zero-order chi connectivity index (χ0) is 13.9. The highest BCUT2D eigenvalue weighted by Crippen LogP contribution is 2.28. The molecular formula is C17H22N2O. The normalized spacial score (nSPS) is 15.0. The van der Waals surface area contributed by atoms with Crippen molar-refractivity contribution in [1.29, 1.82) is 0 Å². The van der Waals surface area contributed by atoms with Crippen LogP contribution < -0.4 is 10.6 Å². The number of furan rings is 1. The second kappa shape index (κ2) is 5.71. The third kappa shape index (κ3) is 2.59. The first-order valence-electron chi connectivity index (χ1n) is 7.39. The van der Waals surface area contributed by atoms with Crippen LogP contribution in [0.1, 0.15) is 35.5 Å². The number of nitrogens with two attached hydrogens (primary N) is 1. The smallest absolute Gasteiger partial charge is 0.123 e. The molecule has 2 heterocycles. The number of anilines is 1. The second-order valence-electron chi connectivity index (χ2n) is 5.51. The number of rotatable bonds is 3. The van der Waals surface area contributed by atoms with Crippen LogP contribution in [0.5, 0.6) is 0 Å². The molecule has 2 aromatic rings. The fraction of sp³-hybridized carbons (Fsp3) is 0.412. The molecule has 3 heteroatoms. The lowest BCUT2D eigenvalue weighted by molar-refractivity contribution is 0.474. The van der Waals surface area contributed by atoms with Gasteiger partial charge in [0.1, 0.15) is 11.5 Å². The molecule has 0 saturated carbocycles. The van der Waals surface area contributed by atoms with Gasteiger partial charge in [-0.15, -0.1) is 0 Å². The van der Waals surface area contributed by atoms with E-state index in [1.165, 1.54) is 30.5 Å². The predicted octanol–water partition coefficient (Wildman–Crippen LogP) is 3.39. The van der Waals surface area contributed by atoms with Crippen LogP contribution in [-0.4, -0.2) is 6.54 Å². The SMILES string of the molecule is Cc1oc(CN2CCCCc3ccccc32)cc1CN. The number of fused-ring (bicyclic) bond motifs is 1.